The van der Waals surface area contributed by atoms with Gasteiger partial charge in [-0.25, -0.2) is 9.18 Å². The van der Waals surface area contributed by atoms with Crippen LogP contribution in [0.1, 0.15) is 87.1 Å². The number of carbonyl (C=O) groups is 1. The molecule has 0 bridgehead atoms. The number of carbonyl (C=O) groups excluding carboxylic acids is 1. The largest absolute Gasteiger partial charge is 0.462 e. The van der Waals surface area contributed by atoms with Gasteiger partial charge in [-0.15, -0.1) is 0 Å². The van der Waals surface area contributed by atoms with E-state index in [9.17, 15) is 9.18 Å². The van der Waals surface area contributed by atoms with Crippen molar-refractivity contribution in [2.75, 3.05) is 6.61 Å². The first-order valence-corrected chi connectivity index (χ1v) is 11.2. The van der Waals surface area contributed by atoms with Gasteiger partial charge in [-0.1, -0.05) is 57.4 Å². The minimum absolute atomic E-state index is 0.183. The number of ether oxygens (including phenoxy) is 1. The topological polar surface area (TPSA) is 26.3 Å². The summed E-state index contributed by atoms with van der Waals surface area (Å²) in [5, 5.41) is 0. The summed E-state index contributed by atoms with van der Waals surface area (Å²) in [4.78, 5) is 11.9. The van der Waals surface area contributed by atoms with E-state index in [1.165, 1.54) is 44.9 Å². The molecule has 0 spiro atoms. The van der Waals surface area contributed by atoms with Crippen LogP contribution in [-0.4, -0.2) is 12.6 Å². The maximum absolute atomic E-state index is 14.9. The molecule has 0 amide bonds. The Bertz CT molecular complexity index is 789. The first-order valence-electron chi connectivity index (χ1n) is 11.2. The van der Waals surface area contributed by atoms with E-state index in [0.29, 0.717) is 23.7 Å². The summed E-state index contributed by atoms with van der Waals surface area (Å²) in [7, 11) is 0. The van der Waals surface area contributed by atoms with Crippen LogP contribution in [-0.2, 0) is 4.74 Å². The Morgan fingerprint density at radius 2 is 1.72 bits per heavy atom. The van der Waals surface area contributed by atoms with Crippen LogP contribution in [0.4, 0.5) is 4.39 Å². The Morgan fingerprint density at radius 1 is 1.00 bits per heavy atom. The molecule has 0 aliphatic heterocycles. The fourth-order valence-corrected chi connectivity index (χ4v) is 4.36. The van der Waals surface area contributed by atoms with Crippen molar-refractivity contribution in [2.24, 2.45) is 5.92 Å². The zero-order valence-corrected chi connectivity index (χ0v) is 17.8. The summed E-state index contributed by atoms with van der Waals surface area (Å²) < 4.78 is 20.0. The molecule has 3 heteroatoms. The number of hydrogen-bond acceptors (Lipinski definition) is 2. The maximum atomic E-state index is 14.9. The molecule has 1 saturated carbocycles. The number of benzene rings is 2. The molecule has 2 nitrogen and oxygen atoms in total. The molecule has 156 valence electrons. The van der Waals surface area contributed by atoms with Crippen LogP contribution < -0.4 is 0 Å². The van der Waals surface area contributed by atoms with Crippen molar-refractivity contribution in [1.82, 2.24) is 0 Å². The second kappa shape index (κ2) is 10.6. The van der Waals surface area contributed by atoms with Gasteiger partial charge in [0.15, 0.2) is 0 Å². The van der Waals surface area contributed by atoms with E-state index in [4.69, 9.17) is 4.74 Å². The predicted molar refractivity (Wildman–Crippen MR) is 117 cm³/mol. The molecule has 29 heavy (non-hydrogen) atoms. The molecule has 0 heterocycles. The zero-order valence-electron chi connectivity index (χ0n) is 17.8. The summed E-state index contributed by atoms with van der Waals surface area (Å²) in [6.45, 7) is 4.62. The van der Waals surface area contributed by atoms with Gasteiger partial charge in [0.05, 0.1) is 12.2 Å². The number of esters is 1. The standard InChI is InChI=1S/C26H33FO2/c1-3-5-6-19-7-9-20(10-8-19)23-15-16-24(25(27)18-23)21-11-13-22(14-12-21)26(28)29-17-4-2/h11-16,18-20H,3-10,17H2,1-2H3. The van der Waals surface area contributed by atoms with E-state index in [2.05, 4.69) is 13.0 Å². The minimum Gasteiger partial charge on any atom is -0.462 e. The molecule has 0 N–H and O–H groups in total. The highest BCUT2D eigenvalue weighted by atomic mass is 19.1. The molecular formula is C26H33FO2. The Kier molecular flexibility index (Phi) is 7.85. The predicted octanol–water partition coefficient (Wildman–Crippen LogP) is 7.52. The van der Waals surface area contributed by atoms with Crippen molar-refractivity contribution in [1.29, 1.82) is 0 Å². The second-order valence-electron chi connectivity index (χ2n) is 8.31. The van der Waals surface area contributed by atoms with E-state index in [-0.39, 0.29) is 11.8 Å². The highest BCUT2D eigenvalue weighted by molar-refractivity contribution is 5.90. The number of unbranched alkanes of at least 4 members (excludes halogenated alkanes) is 1. The summed E-state index contributed by atoms with van der Waals surface area (Å²) in [6.07, 6.45) is 9.61. The lowest BCUT2D eigenvalue weighted by Gasteiger charge is -2.29. The third kappa shape index (κ3) is 5.68. The fourth-order valence-electron chi connectivity index (χ4n) is 4.36. The monoisotopic (exact) mass is 396 g/mol. The van der Waals surface area contributed by atoms with Gasteiger partial charge >= 0.3 is 5.97 Å². The molecule has 2 aromatic carbocycles. The first-order chi connectivity index (χ1) is 14.1. The first kappa shape index (κ1) is 21.5. The average molecular weight is 397 g/mol. The second-order valence-corrected chi connectivity index (χ2v) is 8.31. The lowest BCUT2D eigenvalue weighted by atomic mass is 9.77. The smallest absolute Gasteiger partial charge is 0.338 e. The van der Waals surface area contributed by atoms with Crippen molar-refractivity contribution in [3.05, 3.63) is 59.4 Å². The Labute approximate surface area is 174 Å². The summed E-state index contributed by atoms with van der Waals surface area (Å²) >= 11 is 0. The van der Waals surface area contributed by atoms with Gasteiger partial charge in [0, 0.05) is 5.56 Å². The lowest BCUT2D eigenvalue weighted by Crippen LogP contribution is -2.13. The van der Waals surface area contributed by atoms with Gasteiger partial charge < -0.3 is 4.74 Å². The molecule has 0 atom stereocenters. The summed E-state index contributed by atoms with van der Waals surface area (Å²) in [5.74, 6) is 0.825. The molecule has 0 unspecified atom stereocenters. The van der Waals surface area contributed by atoms with E-state index >= 15 is 0 Å². The summed E-state index contributed by atoms with van der Waals surface area (Å²) in [6, 6.07) is 12.7. The lowest BCUT2D eigenvalue weighted by molar-refractivity contribution is 0.0505. The highest BCUT2D eigenvalue weighted by Crippen LogP contribution is 2.38. The van der Waals surface area contributed by atoms with Gasteiger partial charge in [0.1, 0.15) is 5.82 Å². The normalized spacial score (nSPS) is 19.1. The quantitative estimate of drug-likeness (QED) is 0.431. The molecule has 1 aliphatic rings. The van der Waals surface area contributed by atoms with Gasteiger partial charge in [0.2, 0.25) is 0 Å². The third-order valence-corrected chi connectivity index (χ3v) is 6.15. The SMILES string of the molecule is CCCCC1CCC(c2ccc(-c3ccc(C(=O)OCCC)cc3)c(F)c2)CC1. The number of halogens is 1. The Balaban J connectivity index is 1.65. The van der Waals surface area contributed by atoms with Gasteiger partial charge in [-0.2, -0.15) is 0 Å². The fraction of sp³-hybridized carbons (Fsp3) is 0.500. The average Bonchev–Trinajstić information content (AvgIpc) is 2.76. The maximum Gasteiger partial charge on any atom is 0.338 e. The molecule has 1 aliphatic carbocycles. The van der Waals surface area contributed by atoms with Crippen molar-refractivity contribution in [3.8, 4) is 11.1 Å². The van der Waals surface area contributed by atoms with Crippen LogP contribution in [0, 0.1) is 11.7 Å². The number of rotatable bonds is 8. The molecule has 0 aromatic heterocycles. The zero-order chi connectivity index (χ0) is 20.6. The van der Waals surface area contributed by atoms with Gasteiger partial charge in [-0.05, 0) is 73.3 Å². The van der Waals surface area contributed by atoms with E-state index in [1.807, 2.05) is 13.0 Å². The molecule has 0 radical (unpaired) electrons. The Hall–Kier alpha value is -2.16. The van der Waals surface area contributed by atoms with E-state index < -0.39 is 0 Å². The van der Waals surface area contributed by atoms with Crippen LogP contribution in [0.2, 0.25) is 0 Å². The molecular weight excluding hydrogens is 363 g/mol. The van der Waals surface area contributed by atoms with Crippen molar-refractivity contribution in [3.63, 3.8) is 0 Å². The van der Waals surface area contributed by atoms with Crippen molar-refractivity contribution >= 4 is 5.97 Å². The van der Waals surface area contributed by atoms with Gasteiger partial charge in [0.25, 0.3) is 0 Å². The Morgan fingerprint density at radius 3 is 2.34 bits per heavy atom. The highest BCUT2D eigenvalue weighted by Gasteiger charge is 2.23. The third-order valence-electron chi connectivity index (χ3n) is 6.15. The van der Waals surface area contributed by atoms with E-state index in [1.54, 1.807) is 30.3 Å². The van der Waals surface area contributed by atoms with Crippen LogP contribution in [0.25, 0.3) is 11.1 Å². The number of hydrogen-bond donors (Lipinski definition) is 0. The molecule has 1 fully saturated rings. The van der Waals surface area contributed by atoms with Crippen molar-refractivity contribution in [2.45, 2.75) is 71.1 Å². The van der Waals surface area contributed by atoms with Crippen LogP contribution >= 0.6 is 0 Å². The minimum atomic E-state index is -0.330. The van der Waals surface area contributed by atoms with Gasteiger partial charge in [-0.3, -0.25) is 0 Å². The van der Waals surface area contributed by atoms with Crippen LogP contribution in [0.15, 0.2) is 42.5 Å². The van der Waals surface area contributed by atoms with Crippen LogP contribution in [0.3, 0.4) is 0 Å². The van der Waals surface area contributed by atoms with Crippen LogP contribution in [0.5, 0.6) is 0 Å². The molecule has 3 rings (SSSR count). The summed E-state index contributed by atoms with van der Waals surface area (Å²) in [5.41, 5.74) is 2.99. The van der Waals surface area contributed by atoms with Crippen molar-refractivity contribution < 1.29 is 13.9 Å². The van der Waals surface area contributed by atoms with E-state index in [0.717, 1.165) is 23.5 Å². The molecule has 2 aromatic rings. The molecule has 0 saturated heterocycles.